The van der Waals surface area contributed by atoms with Gasteiger partial charge in [0, 0.05) is 0 Å². The van der Waals surface area contributed by atoms with Gasteiger partial charge < -0.3 is 0 Å². The van der Waals surface area contributed by atoms with Gasteiger partial charge in [0.25, 0.3) is 0 Å². The van der Waals surface area contributed by atoms with Crippen molar-refractivity contribution in [2.24, 2.45) is 0 Å². The third-order valence-electron chi connectivity index (χ3n) is 3.00. The van der Waals surface area contributed by atoms with Gasteiger partial charge >= 0.3 is 0 Å². The summed E-state index contributed by atoms with van der Waals surface area (Å²) in [4.78, 5) is 0. The summed E-state index contributed by atoms with van der Waals surface area (Å²) in [5.74, 6) is 0. The number of hydrogen-bond acceptors (Lipinski definition) is 2. The van der Waals surface area contributed by atoms with Gasteiger partial charge in [-0.15, -0.1) is 0 Å². The van der Waals surface area contributed by atoms with Crippen molar-refractivity contribution in [3.8, 4) is 11.8 Å². The van der Waals surface area contributed by atoms with E-state index in [4.69, 9.17) is 5.26 Å². The standard InChI is InChI=1S/C14H15N3/c1-9-5-6-10(2)14(7-9)17-12(4)13(8-15)11(3)16-17/h5-7H,1-4H3. The molecule has 0 saturated carbocycles. The predicted molar refractivity (Wildman–Crippen MR) is 67.2 cm³/mol. The molecule has 2 rings (SSSR count). The monoisotopic (exact) mass is 225 g/mol. The van der Waals surface area contributed by atoms with Crippen LogP contribution in [0, 0.1) is 39.0 Å². The molecular weight excluding hydrogens is 210 g/mol. The van der Waals surface area contributed by atoms with Crippen LogP contribution >= 0.6 is 0 Å². The van der Waals surface area contributed by atoms with Gasteiger partial charge in [-0.3, -0.25) is 0 Å². The maximum Gasteiger partial charge on any atom is 0.103 e. The van der Waals surface area contributed by atoms with E-state index in [-0.39, 0.29) is 0 Å². The summed E-state index contributed by atoms with van der Waals surface area (Å²) in [7, 11) is 0. The summed E-state index contributed by atoms with van der Waals surface area (Å²) in [6.45, 7) is 7.91. The molecule has 3 nitrogen and oxygen atoms in total. The normalized spacial score (nSPS) is 10.3. The fourth-order valence-electron chi connectivity index (χ4n) is 1.99. The smallest absolute Gasteiger partial charge is 0.103 e. The first-order valence-corrected chi connectivity index (χ1v) is 5.58. The minimum Gasteiger partial charge on any atom is -0.236 e. The highest BCUT2D eigenvalue weighted by Crippen LogP contribution is 2.20. The first-order chi connectivity index (χ1) is 8.04. The van der Waals surface area contributed by atoms with E-state index in [0.717, 1.165) is 22.6 Å². The number of nitriles is 1. The van der Waals surface area contributed by atoms with E-state index in [1.807, 2.05) is 18.5 Å². The topological polar surface area (TPSA) is 41.6 Å². The van der Waals surface area contributed by atoms with Crippen LogP contribution in [-0.2, 0) is 0 Å². The number of hydrogen-bond donors (Lipinski definition) is 0. The second-order valence-corrected chi connectivity index (χ2v) is 4.36. The molecule has 0 aliphatic rings. The summed E-state index contributed by atoms with van der Waals surface area (Å²) in [6.07, 6.45) is 0. The van der Waals surface area contributed by atoms with E-state index < -0.39 is 0 Å². The van der Waals surface area contributed by atoms with Gasteiger partial charge in [-0.05, 0) is 44.9 Å². The first kappa shape index (κ1) is 11.4. The molecule has 0 radical (unpaired) electrons. The molecule has 0 N–H and O–H groups in total. The average Bonchev–Trinajstić information content (AvgIpc) is 2.57. The quantitative estimate of drug-likeness (QED) is 0.748. The Labute approximate surface area is 101 Å². The van der Waals surface area contributed by atoms with Crippen molar-refractivity contribution in [2.45, 2.75) is 27.7 Å². The Kier molecular flexibility index (Phi) is 2.72. The van der Waals surface area contributed by atoms with E-state index in [1.54, 1.807) is 0 Å². The summed E-state index contributed by atoms with van der Waals surface area (Å²) in [5.41, 5.74) is 5.75. The second kappa shape index (κ2) is 4.06. The maximum absolute atomic E-state index is 9.08. The molecule has 1 aromatic heterocycles. The maximum atomic E-state index is 9.08. The van der Waals surface area contributed by atoms with Crippen LogP contribution in [0.15, 0.2) is 18.2 Å². The molecular formula is C14H15N3. The molecule has 2 aromatic rings. The van der Waals surface area contributed by atoms with Crippen molar-refractivity contribution in [1.29, 1.82) is 5.26 Å². The summed E-state index contributed by atoms with van der Waals surface area (Å²) >= 11 is 0. The summed E-state index contributed by atoms with van der Waals surface area (Å²) in [5, 5.41) is 13.5. The molecule has 3 heteroatoms. The van der Waals surface area contributed by atoms with Crippen LogP contribution < -0.4 is 0 Å². The van der Waals surface area contributed by atoms with E-state index >= 15 is 0 Å². The lowest BCUT2D eigenvalue weighted by molar-refractivity contribution is 0.826. The highest BCUT2D eigenvalue weighted by molar-refractivity contribution is 5.47. The molecule has 0 spiro atoms. The second-order valence-electron chi connectivity index (χ2n) is 4.36. The highest BCUT2D eigenvalue weighted by Gasteiger charge is 2.13. The molecule has 1 heterocycles. The Morgan fingerprint density at radius 1 is 1.18 bits per heavy atom. The zero-order valence-electron chi connectivity index (χ0n) is 10.6. The van der Waals surface area contributed by atoms with E-state index in [9.17, 15) is 0 Å². The molecule has 0 atom stereocenters. The molecule has 0 unspecified atom stereocenters. The molecule has 0 aliphatic heterocycles. The lowest BCUT2D eigenvalue weighted by atomic mass is 10.1. The van der Waals surface area contributed by atoms with Crippen LogP contribution in [0.25, 0.3) is 5.69 Å². The Morgan fingerprint density at radius 3 is 2.47 bits per heavy atom. The Morgan fingerprint density at radius 2 is 1.88 bits per heavy atom. The number of rotatable bonds is 1. The summed E-state index contributed by atoms with van der Waals surface area (Å²) < 4.78 is 1.86. The minimum absolute atomic E-state index is 0.672. The molecule has 0 bridgehead atoms. The van der Waals surface area contributed by atoms with Gasteiger partial charge in [-0.25, -0.2) is 4.68 Å². The highest BCUT2D eigenvalue weighted by atomic mass is 15.3. The van der Waals surface area contributed by atoms with Crippen LogP contribution in [0.4, 0.5) is 0 Å². The van der Waals surface area contributed by atoms with Gasteiger partial charge in [0.2, 0.25) is 0 Å². The fraction of sp³-hybridized carbons (Fsp3) is 0.286. The van der Waals surface area contributed by atoms with Crippen LogP contribution in [0.1, 0.15) is 28.1 Å². The van der Waals surface area contributed by atoms with E-state index in [1.165, 1.54) is 5.56 Å². The van der Waals surface area contributed by atoms with Crippen molar-refractivity contribution < 1.29 is 0 Å². The molecule has 0 aliphatic carbocycles. The third kappa shape index (κ3) is 1.83. The lowest BCUT2D eigenvalue weighted by Gasteiger charge is -2.09. The first-order valence-electron chi connectivity index (χ1n) is 5.58. The van der Waals surface area contributed by atoms with Crippen molar-refractivity contribution in [1.82, 2.24) is 9.78 Å². The van der Waals surface area contributed by atoms with Gasteiger partial charge in [0.15, 0.2) is 0 Å². The number of nitrogens with zero attached hydrogens (tertiary/aromatic N) is 3. The Hall–Kier alpha value is -2.08. The lowest BCUT2D eigenvalue weighted by Crippen LogP contribution is -2.02. The minimum atomic E-state index is 0.672. The molecule has 0 fully saturated rings. The molecule has 86 valence electrons. The van der Waals surface area contributed by atoms with Crippen LogP contribution in [-0.4, -0.2) is 9.78 Å². The van der Waals surface area contributed by atoms with Crippen LogP contribution in [0.5, 0.6) is 0 Å². The van der Waals surface area contributed by atoms with Crippen molar-refractivity contribution in [2.75, 3.05) is 0 Å². The zero-order valence-corrected chi connectivity index (χ0v) is 10.6. The van der Waals surface area contributed by atoms with Gasteiger partial charge in [0.1, 0.15) is 6.07 Å². The van der Waals surface area contributed by atoms with Crippen LogP contribution in [0.2, 0.25) is 0 Å². The van der Waals surface area contributed by atoms with Crippen LogP contribution in [0.3, 0.4) is 0 Å². The molecule has 0 saturated heterocycles. The molecule has 0 amide bonds. The largest absolute Gasteiger partial charge is 0.236 e. The number of benzene rings is 1. The zero-order chi connectivity index (χ0) is 12.6. The third-order valence-corrected chi connectivity index (χ3v) is 3.00. The number of aromatic nitrogens is 2. The van der Waals surface area contributed by atoms with Gasteiger partial charge in [-0.2, -0.15) is 10.4 Å². The van der Waals surface area contributed by atoms with E-state index in [0.29, 0.717) is 5.56 Å². The van der Waals surface area contributed by atoms with Crippen molar-refractivity contribution in [3.05, 3.63) is 46.3 Å². The Bertz CT molecular complexity index is 615. The Balaban J connectivity index is 2.70. The van der Waals surface area contributed by atoms with Gasteiger partial charge in [-0.1, -0.05) is 12.1 Å². The van der Waals surface area contributed by atoms with Gasteiger partial charge in [0.05, 0.1) is 22.6 Å². The van der Waals surface area contributed by atoms with Crippen molar-refractivity contribution >= 4 is 0 Å². The number of aryl methyl sites for hydroxylation is 3. The average molecular weight is 225 g/mol. The van der Waals surface area contributed by atoms with E-state index in [2.05, 4.69) is 43.2 Å². The predicted octanol–water partition coefficient (Wildman–Crippen LogP) is 2.98. The fourth-order valence-corrected chi connectivity index (χ4v) is 1.99. The molecule has 17 heavy (non-hydrogen) atoms. The summed E-state index contributed by atoms with van der Waals surface area (Å²) in [6, 6.07) is 8.45. The SMILES string of the molecule is Cc1ccc(C)c(-n2nc(C)c(C#N)c2C)c1. The molecule has 1 aromatic carbocycles. The van der Waals surface area contributed by atoms with Crippen molar-refractivity contribution in [3.63, 3.8) is 0 Å².